The molecule has 2 nitrogen and oxygen atoms in total. The Kier molecular flexibility index (Phi) is 2.83. The van der Waals surface area contributed by atoms with E-state index in [0.29, 0.717) is 11.1 Å². The molecule has 1 aromatic carbocycles. The number of hydrogen-bond acceptors (Lipinski definition) is 2. The predicted octanol–water partition coefficient (Wildman–Crippen LogP) is 3.43. The monoisotopic (exact) mass is 280 g/mol. The Balaban J connectivity index is 1.57. The van der Waals surface area contributed by atoms with Gasteiger partial charge in [0.2, 0.25) is 0 Å². The van der Waals surface area contributed by atoms with Crippen molar-refractivity contribution in [3.63, 3.8) is 0 Å². The van der Waals surface area contributed by atoms with E-state index in [2.05, 4.69) is 10.9 Å². The van der Waals surface area contributed by atoms with Crippen molar-refractivity contribution in [3.8, 4) is 0 Å². The second kappa shape index (κ2) is 4.44. The van der Waals surface area contributed by atoms with Gasteiger partial charge in [0.15, 0.2) is 0 Å². The predicted molar refractivity (Wildman–Crippen MR) is 73.1 cm³/mol. The highest BCUT2D eigenvalue weighted by Crippen LogP contribution is 2.52. The summed E-state index contributed by atoms with van der Waals surface area (Å²) in [7, 11) is 0. The van der Waals surface area contributed by atoms with Crippen LogP contribution in [-0.4, -0.2) is 6.04 Å². The maximum absolute atomic E-state index is 13.1. The van der Waals surface area contributed by atoms with Gasteiger partial charge in [-0.2, -0.15) is 0 Å². The standard InChI is InChI=1S/C15H18ClFN2/c16-13-6-10(17)3-4-11(13)14-7-12-8-1-2-9(5-8)15(12)19-18-14/h3-4,6,8-9,12,14-15,18-19H,1-2,5,7H2. The Bertz CT molecular complexity index is 507. The van der Waals surface area contributed by atoms with Gasteiger partial charge in [-0.3, -0.25) is 5.43 Å². The third kappa shape index (κ3) is 1.91. The summed E-state index contributed by atoms with van der Waals surface area (Å²) in [6.07, 6.45) is 5.26. The Hall–Kier alpha value is -0.640. The lowest BCUT2D eigenvalue weighted by Crippen LogP contribution is -2.54. The van der Waals surface area contributed by atoms with Crippen molar-refractivity contribution < 1.29 is 4.39 Å². The van der Waals surface area contributed by atoms with Crippen LogP contribution in [0.4, 0.5) is 4.39 Å². The van der Waals surface area contributed by atoms with Crippen LogP contribution in [0.3, 0.4) is 0 Å². The zero-order chi connectivity index (χ0) is 13.0. The molecule has 3 aliphatic rings. The van der Waals surface area contributed by atoms with Crippen LogP contribution in [0.2, 0.25) is 5.02 Å². The largest absolute Gasteiger partial charge is 0.254 e. The zero-order valence-corrected chi connectivity index (χ0v) is 11.5. The molecule has 1 heterocycles. The van der Waals surface area contributed by atoms with Gasteiger partial charge in [0, 0.05) is 17.1 Å². The quantitative estimate of drug-likeness (QED) is 0.823. The van der Waals surface area contributed by atoms with Crippen LogP contribution < -0.4 is 10.9 Å². The van der Waals surface area contributed by atoms with Crippen LogP contribution in [0, 0.1) is 23.6 Å². The number of rotatable bonds is 1. The van der Waals surface area contributed by atoms with Crippen molar-refractivity contribution in [3.05, 3.63) is 34.6 Å². The lowest BCUT2D eigenvalue weighted by molar-refractivity contribution is 0.139. The summed E-state index contributed by atoms with van der Waals surface area (Å²) in [5.41, 5.74) is 7.91. The molecule has 0 spiro atoms. The van der Waals surface area contributed by atoms with Crippen LogP contribution in [0.15, 0.2) is 18.2 Å². The summed E-state index contributed by atoms with van der Waals surface area (Å²) in [6.45, 7) is 0. The molecule has 5 unspecified atom stereocenters. The zero-order valence-electron chi connectivity index (χ0n) is 10.7. The Morgan fingerprint density at radius 1 is 1.11 bits per heavy atom. The Morgan fingerprint density at radius 3 is 2.79 bits per heavy atom. The van der Waals surface area contributed by atoms with Crippen LogP contribution in [0.1, 0.15) is 37.3 Å². The third-order valence-electron chi connectivity index (χ3n) is 5.36. The first-order chi connectivity index (χ1) is 9.22. The minimum atomic E-state index is -0.268. The minimum Gasteiger partial charge on any atom is -0.254 e. The molecule has 19 heavy (non-hydrogen) atoms. The molecule has 0 radical (unpaired) electrons. The summed E-state index contributed by atoms with van der Waals surface area (Å²) in [4.78, 5) is 0. The topological polar surface area (TPSA) is 24.1 Å². The molecule has 1 aromatic rings. The normalized spacial score (nSPS) is 40.4. The number of halogens is 2. The van der Waals surface area contributed by atoms with E-state index in [0.717, 1.165) is 29.7 Å². The van der Waals surface area contributed by atoms with Crippen LogP contribution in [-0.2, 0) is 0 Å². The van der Waals surface area contributed by atoms with Crippen molar-refractivity contribution in [1.82, 2.24) is 10.9 Å². The van der Waals surface area contributed by atoms with Gasteiger partial charge in [0.05, 0.1) is 0 Å². The van der Waals surface area contributed by atoms with E-state index in [-0.39, 0.29) is 11.9 Å². The van der Waals surface area contributed by atoms with E-state index in [1.807, 2.05) is 6.07 Å². The molecular formula is C15H18ClFN2. The van der Waals surface area contributed by atoms with Crippen LogP contribution >= 0.6 is 11.6 Å². The van der Waals surface area contributed by atoms with Gasteiger partial charge in [-0.25, -0.2) is 9.82 Å². The van der Waals surface area contributed by atoms with E-state index < -0.39 is 0 Å². The molecule has 4 rings (SSSR count). The highest BCUT2D eigenvalue weighted by molar-refractivity contribution is 6.31. The summed E-state index contributed by atoms with van der Waals surface area (Å²) in [6, 6.07) is 5.55. The van der Waals surface area contributed by atoms with Crippen LogP contribution in [0.25, 0.3) is 0 Å². The number of benzene rings is 1. The first kappa shape index (κ1) is 12.1. The highest BCUT2D eigenvalue weighted by Gasteiger charge is 2.49. The fourth-order valence-electron chi connectivity index (χ4n) is 4.49. The van der Waals surface area contributed by atoms with Gasteiger partial charge in [-0.15, -0.1) is 0 Å². The van der Waals surface area contributed by atoms with Crippen molar-refractivity contribution in [2.24, 2.45) is 17.8 Å². The second-order valence-corrected chi connectivity index (χ2v) is 6.67. The highest BCUT2D eigenvalue weighted by atomic mass is 35.5. The molecule has 2 saturated carbocycles. The van der Waals surface area contributed by atoms with Crippen molar-refractivity contribution in [2.45, 2.75) is 37.8 Å². The molecule has 2 bridgehead atoms. The van der Waals surface area contributed by atoms with Crippen molar-refractivity contribution in [2.75, 3.05) is 0 Å². The number of hydrazine groups is 1. The van der Waals surface area contributed by atoms with E-state index in [1.165, 1.54) is 31.4 Å². The lowest BCUT2D eigenvalue weighted by atomic mass is 9.78. The third-order valence-corrected chi connectivity index (χ3v) is 5.69. The van der Waals surface area contributed by atoms with Gasteiger partial charge < -0.3 is 0 Å². The number of hydrogen-bond donors (Lipinski definition) is 2. The molecular weight excluding hydrogens is 263 g/mol. The maximum atomic E-state index is 13.1. The number of fused-ring (bicyclic) bond motifs is 5. The first-order valence-corrected chi connectivity index (χ1v) is 7.56. The van der Waals surface area contributed by atoms with Gasteiger partial charge in [-0.05, 0) is 61.1 Å². The smallest absolute Gasteiger partial charge is 0.124 e. The maximum Gasteiger partial charge on any atom is 0.124 e. The molecule has 4 heteroatoms. The summed E-state index contributed by atoms with van der Waals surface area (Å²) in [5.74, 6) is 2.22. The molecule has 1 saturated heterocycles. The molecule has 1 aliphatic heterocycles. The summed E-state index contributed by atoms with van der Waals surface area (Å²) >= 11 is 6.18. The van der Waals surface area contributed by atoms with E-state index in [1.54, 1.807) is 0 Å². The fourth-order valence-corrected chi connectivity index (χ4v) is 4.79. The fraction of sp³-hybridized carbons (Fsp3) is 0.600. The minimum absolute atomic E-state index is 0.202. The second-order valence-electron chi connectivity index (χ2n) is 6.27. The van der Waals surface area contributed by atoms with E-state index in [9.17, 15) is 4.39 Å². The van der Waals surface area contributed by atoms with E-state index in [4.69, 9.17) is 11.6 Å². The van der Waals surface area contributed by atoms with Gasteiger partial charge >= 0.3 is 0 Å². The van der Waals surface area contributed by atoms with Gasteiger partial charge in [0.1, 0.15) is 5.82 Å². The molecule has 0 aromatic heterocycles. The number of nitrogens with one attached hydrogen (secondary N) is 2. The van der Waals surface area contributed by atoms with Crippen molar-refractivity contribution in [1.29, 1.82) is 0 Å². The molecule has 3 fully saturated rings. The molecule has 2 N–H and O–H groups in total. The molecule has 2 aliphatic carbocycles. The van der Waals surface area contributed by atoms with E-state index >= 15 is 0 Å². The van der Waals surface area contributed by atoms with Gasteiger partial charge in [-0.1, -0.05) is 17.7 Å². The van der Waals surface area contributed by atoms with Gasteiger partial charge in [0.25, 0.3) is 0 Å². The summed E-state index contributed by atoms with van der Waals surface area (Å²) < 4.78 is 13.1. The summed E-state index contributed by atoms with van der Waals surface area (Å²) in [5, 5.41) is 0.529. The Morgan fingerprint density at radius 2 is 1.95 bits per heavy atom. The molecule has 0 amide bonds. The van der Waals surface area contributed by atoms with Crippen LogP contribution in [0.5, 0.6) is 0 Å². The SMILES string of the molecule is Fc1ccc(C2CC3C4CCC(C4)C3NN2)c(Cl)c1. The Labute approximate surface area is 117 Å². The molecule has 5 atom stereocenters. The first-order valence-electron chi connectivity index (χ1n) is 7.18. The average Bonchev–Trinajstić information content (AvgIpc) is 3.00. The molecule has 102 valence electrons. The van der Waals surface area contributed by atoms with Crippen molar-refractivity contribution >= 4 is 11.6 Å². The lowest BCUT2D eigenvalue weighted by Gasteiger charge is -2.40. The average molecular weight is 281 g/mol.